The summed E-state index contributed by atoms with van der Waals surface area (Å²) in [4.78, 5) is 29.9. The smallest absolute Gasteiger partial charge is 0.232 e. The highest BCUT2D eigenvalue weighted by molar-refractivity contribution is 7.22. The Kier molecular flexibility index (Phi) is 3.67. The van der Waals surface area contributed by atoms with Gasteiger partial charge in [0, 0.05) is 12.5 Å². The van der Waals surface area contributed by atoms with Crippen LogP contribution in [0.5, 0.6) is 0 Å². The van der Waals surface area contributed by atoms with Crippen LogP contribution in [0.2, 0.25) is 0 Å². The van der Waals surface area contributed by atoms with Gasteiger partial charge in [0.25, 0.3) is 0 Å². The highest BCUT2D eigenvalue weighted by atomic mass is 32.1. The molecule has 1 heterocycles. The average molecular weight is 384 g/mol. The van der Waals surface area contributed by atoms with Gasteiger partial charge in [0.05, 0.1) is 15.6 Å². The summed E-state index contributed by atoms with van der Waals surface area (Å²) in [5, 5.41) is 7.06. The van der Waals surface area contributed by atoms with Gasteiger partial charge in [-0.3, -0.25) is 9.59 Å². The summed E-state index contributed by atoms with van der Waals surface area (Å²) in [6.45, 7) is 3.64. The van der Waals surface area contributed by atoms with Crippen LogP contribution < -0.4 is 10.6 Å². The van der Waals surface area contributed by atoms with Gasteiger partial charge < -0.3 is 10.6 Å². The number of thiazole rings is 1. The van der Waals surface area contributed by atoms with Gasteiger partial charge in [-0.05, 0) is 68.9 Å². The second-order valence-electron chi connectivity index (χ2n) is 9.10. The average Bonchev–Trinajstić information content (AvgIpc) is 2.96. The molecule has 2 aromatic rings. The molecule has 4 fully saturated rings. The van der Waals surface area contributed by atoms with Gasteiger partial charge in [-0.2, -0.15) is 0 Å². The molecule has 27 heavy (non-hydrogen) atoms. The number of carbonyl (C=O) groups is 2. The lowest BCUT2D eigenvalue weighted by atomic mass is 9.46. The van der Waals surface area contributed by atoms with Gasteiger partial charge >= 0.3 is 0 Å². The standard InChI is InChI=1S/C21H25N3O2S/c1-12-4-3-5-16-17(12)22-19(27-16)23-18(26)20-7-14-6-15(8-20)10-21(9-14,11-20)24-13(2)25/h3-5,14-15H,6-11H2,1-2H3,(H,24,25)(H,22,23,26)/t14-,15+,20?,21?. The molecular formula is C21H25N3O2S. The van der Waals surface area contributed by atoms with E-state index in [0.29, 0.717) is 17.0 Å². The topological polar surface area (TPSA) is 71.1 Å². The quantitative estimate of drug-likeness (QED) is 0.841. The zero-order valence-electron chi connectivity index (χ0n) is 15.8. The maximum absolute atomic E-state index is 13.4. The molecule has 4 bridgehead atoms. The van der Waals surface area contributed by atoms with Crippen molar-refractivity contribution in [1.82, 2.24) is 10.3 Å². The summed E-state index contributed by atoms with van der Waals surface area (Å²) < 4.78 is 1.10. The molecule has 5 nitrogen and oxygen atoms in total. The predicted molar refractivity (Wildman–Crippen MR) is 107 cm³/mol. The lowest BCUT2D eigenvalue weighted by Crippen LogP contribution is -2.65. The Balaban J connectivity index is 1.43. The van der Waals surface area contributed by atoms with Crippen LogP contribution in [0.3, 0.4) is 0 Å². The van der Waals surface area contributed by atoms with E-state index in [-0.39, 0.29) is 22.8 Å². The van der Waals surface area contributed by atoms with Crippen molar-refractivity contribution in [1.29, 1.82) is 0 Å². The van der Waals surface area contributed by atoms with Crippen molar-refractivity contribution in [3.05, 3.63) is 23.8 Å². The number of anilines is 1. The molecule has 0 radical (unpaired) electrons. The molecule has 4 aliphatic rings. The molecule has 4 aliphatic carbocycles. The molecule has 2 N–H and O–H groups in total. The maximum atomic E-state index is 13.4. The molecule has 0 aliphatic heterocycles. The van der Waals surface area contributed by atoms with Crippen LogP contribution in [0.25, 0.3) is 10.2 Å². The van der Waals surface area contributed by atoms with E-state index in [1.54, 1.807) is 18.3 Å². The zero-order chi connectivity index (χ0) is 18.8. The molecular weight excluding hydrogens is 358 g/mol. The largest absolute Gasteiger partial charge is 0.351 e. The summed E-state index contributed by atoms with van der Waals surface area (Å²) in [5.41, 5.74) is 1.55. The molecule has 1 aromatic carbocycles. The van der Waals surface area contributed by atoms with Gasteiger partial charge in [-0.15, -0.1) is 0 Å². The van der Waals surface area contributed by atoms with Crippen molar-refractivity contribution in [2.24, 2.45) is 17.3 Å². The SMILES string of the molecule is CC(=O)NC12C[C@H]3C[C@@H](C1)CC(C(=O)Nc1nc4c(C)cccc4s1)(C3)C2. The first-order valence-corrected chi connectivity index (χ1v) is 10.6. The molecule has 0 spiro atoms. The minimum Gasteiger partial charge on any atom is -0.351 e. The Morgan fingerprint density at radius 3 is 2.59 bits per heavy atom. The molecule has 6 heteroatoms. The molecule has 2 unspecified atom stereocenters. The summed E-state index contributed by atoms with van der Waals surface area (Å²) in [6.07, 6.45) is 5.91. The molecule has 4 atom stereocenters. The number of nitrogens with one attached hydrogen (secondary N) is 2. The minimum absolute atomic E-state index is 0.0224. The normalized spacial score (nSPS) is 34.0. The van der Waals surface area contributed by atoms with E-state index in [1.165, 1.54) is 6.42 Å². The number of aryl methyl sites for hydroxylation is 1. The number of amides is 2. The van der Waals surface area contributed by atoms with Crippen LogP contribution >= 0.6 is 11.3 Å². The van der Waals surface area contributed by atoms with Crippen molar-refractivity contribution in [2.75, 3.05) is 5.32 Å². The lowest BCUT2D eigenvalue weighted by Gasteiger charge is -2.61. The second kappa shape index (κ2) is 5.77. The third kappa shape index (κ3) is 2.76. The zero-order valence-corrected chi connectivity index (χ0v) is 16.6. The fourth-order valence-corrected chi connectivity index (χ4v) is 7.36. The van der Waals surface area contributed by atoms with Crippen LogP contribution in [0.4, 0.5) is 5.13 Å². The third-order valence-electron chi connectivity index (χ3n) is 6.83. The number of para-hydroxylation sites is 1. The number of benzene rings is 1. The molecule has 1 aromatic heterocycles. The van der Waals surface area contributed by atoms with Gasteiger partial charge in [0.1, 0.15) is 0 Å². The summed E-state index contributed by atoms with van der Waals surface area (Å²) in [5.74, 6) is 1.21. The number of rotatable bonds is 3. The van der Waals surface area contributed by atoms with E-state index < -0.39 is 0 Å². The number of hydrogen-bond donors (Lipinski definition) is 2. The Hall–Kier alpha value is -1.95. The van der Waals surface area contributed by atoms with Crippen LogP contribution in [-0.2, 0) is 9.59 Å². The highest BCUT2D eigenvalue weighted by Gasteiger charge is 2.60. The van der Waals surface area contributed by atoms with Gasteiger partial charge in [0.15, 0.2) is 5.13 Å². The molecule has 4 saturated carbocycles. The summed E-state index contributed by atoms with van der Waals surface area (Å²) in [7, 11) is 0. The molecule has 2 amide bonds. The summed E-state index contributed by atoms with van der Waals surface area (Å²) >= 11 is 1.54. The highest BCUT2D eigenvalue weighted by Crippen LogP contribution is 2.62. The van der Waals surface area contributed by atoms with E-state index in [1.807, 2.05) is 25.1 Å². The van der Waals surface area contributed by atoms with Crippen LogP contribution in [-0.4, -0.2) is 22.3 Å². The number of hydrogen-bond acceptors (Lipinski definition) is 4. The molecule has 6 rings (SSSR count). The fourth-order valence-electron chi connectivity index (χ4n) is 6.42. The van der Waals surface area contributed by atoms with Gasteiger partial charge in [-0.1, -0.05) is 23.5 Å². The van der Waals surface area contributed by atoms with Crippen LogP contribution in [0, 0.1) is 24.2 Å². The lowest BCUT2D eigenvalue weighted by molar-refractivity contribution is -0.148. The van der Waals surface area contributed by atoms with E-state index in [0.717, 1.165) is 47.9 Å². The number of carbonyl (C=O) groups excluding carboxylic acids is 2. The Bertz CT molecular complexity index is 936. The van der Waals surface area contributed by atoms with Crippen molar-refractivity contribution in [2.45, 2.75) is 57.9 Å². The Labute approximate surface area is 162 Å². The number of fused-ring (bicyclic) bond motifs is 1. The maximum Gasteiger partial charge on any atom is 0.232 e. The molecule has 0 saturated heterocycles. The first-order chi connectivity index (χ1) is 12.9. The monoisotopic (exact) mass is 383 g/mol. The minimum atomic E-state index is -0.362. The van der Waals surface area contributed by atoms with E-state index in [2.05, 4.69) is 15.6 Å². The predicted octanol–water partition coefficient (Wildman–Crippen LogP) is 4.02. The van der Waals surface area contributed by atoms with Crippen LogP contribution in [0.1, 0.15) is 51.0 Å². The first kappa shape index (κ1) is 17.2. The van der Waals surface area contributed by atoms with E-state index in [9.17, 15) is 9.59 Å². The van der Waals surface area contributed by atoms with Crippen molar-refractivity contribution < 1.29 is 9.59 Å². The van der Waals surface area contributed by atoms with Gasteiger partial charge in [-0.25, -0.2) is 4.98 Å². The van der Waals surface area contributed by atoms with Crippen molar-refractivity contribution in [3.8, 4) is 0 Å². The Morgan fingerprint density at radius 2 is 1.93 bits per heavy atom. The third-order valence-corrected chi connectivity index (χ3v) is 7.76. The first-order valence-electron chi connectivity index (χ1n) is 9.83. The fraction of sp³-hybridized carbons (Fsp3) is 0.571. The van der Waals surface area contributed by atoms with Crippen molar-refractivity contribution in [3.63, 3.8) is 0 Å². The van der Waals surface area contributed by atoms with E-state index >= 15 is 0 Å². The number of nitrogens with zero attached hydrogens (tertiary/aromatic N) is 1. The number of aromatic nitrogens is 1. The Morgan fingerprint density at radius 1 is 1.19 bits per heavy atom. The van der Waals surface area contributed by atoms with Gasteiger partial charge in [0.2, 0.25) is 11.8 Å². The summed E-state index contributed by atoms with van der Waals surface area (Å²) in [6, 6.07) is 6.12. The van der Waals surface area contributed by atoms with E-state index in [4.69, 9.17) is 0 Å². The van der Waals surface area contributed by atoms with Crippen molar-refractivity contribution >= 4 is 38.5 Å². The second-order valence-corrected chi connectivity index (χ2v) is 10.1. The van der Waals surface area contributed by atoms with Crippen LogP contribution in [0.15, 0.2) is 18.2 Å². The molecule has 142 valence electrons.